The summed E-state index contributed by atoms with van der Waals surface area (Å²) in [6.07, 6.45) is 1.89. The van der Waals surface area contributed by atoms with Gasteiger partial charge < -0.3 is 14.4 Å². The van der Waals surface area contributed by atoms with Gasteiger partial charge in [0.25, 0.3) is 0 Å². The first kappa shape index (κ1) is 15.4. The fourth-order valence-electron chi connectivity index (χ4n) is 2.31. The molecule has 0 amide bonds. The van der Waals surface area contributed by atoms with Crippen LogP contribution >= 0.6 is 0 Å². The van der Waals surface area contributed by atoms with E-state index in [1.807, 2.05) is 11.1 Å². The first-order valence-corrected chi connectivity index (χ1v) is 7.35. The Morgan fingerprint density at radius 3 is 2.17 bits per heavy atom. The minimum Gasteiger partial charge on any atom is -0.467 e. The predicted molar refractivity (Wildman–Crippen MR) is 83.6 cm³/mol. The largest absolute Gasteiger partial charge is 0.467 e. The molecule has 0 fully saturated rings. The lowest BCUT2D eigenvalue weighted by Crippen LogP contribution is -2.19. The SMILES string of the molecule is COc1nc(OC)nc(N2Cc3cnc(C(C)(C)C)nc3C2)n1. The van der Waals surface area contributed by atoms with Crippen molar-refractivity contribution in [1.29, 1.82) is 0 Å². The zero-order chi connectivity index (χ0) is 16.6. The van der Waals surface area contributed by atoms with Crippen LogP contribution in [0.5, 0.6) is 12.0 Å². The number of methoxy groups -OCH3 is 2. The van der Waals surface area contributed by atoms with Crippen molar-refractivity contribution < 1.29 is 9.47 Å². The van der Waals surface area contributed by atoms with Crippen LogP contribution < -0.4 is 14.4 Å². The van der Waals surface area contributed by atoms with Crippen molar-refractivity contribution in [1.82, 2.24) is 24.9 Å². The molecule has 0 N–H and O–H groups in total. The monoisotopic (exact) mass is 316 g/mol. The van der Waals surface area contributed by atoms with Crippen LogP contribution in [-0.2, 0) is 18.5 Å². The van der Waals surface area contributed by atoms with Crippen molar-refractivity contribution in [2.45, 2.75) is 39.3 Å². The number of anilines is 1. The molecular formula is C15H20N6O2. The Labute approximate surface area is 134 Å². The van der Waals surface area contributed by atoms with Gasteiger partial charge in [-0.05, 0) is 0 Å². The van der Waals surface area contributed by atoms with Crippen molar-refractivity contribution in [3.05, 3.63) is 23.3 Å². The lowest BCUT2D eigenvalue weighted by atomic mass is 9.95. The van der Waals surface area contributed by atoms with E-state index in [9.17, 15) is 0 Å². The summed E-state index contributed by atoms with van der Waals surface area (Å²) >= 11 is 0. The molecule has 23 heavy (non-hydrogen) atoms. The zero-order valence-electron chi connectivity index (χ0n) is 14.0. The second kappa shape index (κ2) is 5.60. The Morgan fingerprint density at radius 2 is 1.61 bits per heavy atom. The molecule has 0 saturated heterocycles. The van der Waals surface area contributed by atoms with Crippen LogP contribution in [0, 0.1) is 0 Å². The molecule has 2 aromatic rings. The molecule has 0 unspecified atom stereocenters. The summed E-state index contributed by atoms with van der Waals surface area (Å²) in [6.45, 7) is 7.57. The Balaban J connectivity index is 1.90. The van der Waals surface area contributed by atoms with E-state index in [1.54, 1.807) is 0 Å². The second-order valence-corrected chi connectivity index (χ2v) is 6.38. The molecule has 8 heteroatoms. The standard InChI is InChI=1S/C15H20N6O2/c1-15(2,3)11-16-6-9-7-21(8-10(9)17-11)12-18-13(22-4)20-14(19-12)23-5/h6H,7-8H2,1-5H3. The number of hydrogen-bond donors (Lipinski definition) is 0. The van der Waals surface area contributed by atoms with Gasteiger partial charge in [0.15, 0.2) is 0 Å². The molecule has 0 bridgehead atoms. The maximum atomic E-state index is 5.10. The molecule has 0 aromatic carbocycles. The summed E-state index contributed by atoms with van der Waals surface area (Å²) in [7, 11) is 3.02. The van der Waals surface area contributed by atoms with Crippen molar-refractivity contribution in [2.24, 2.45) is 0 Å². The molecule has 8 nitrogen and oxygen atoms in total. The fourth-order valence-corrected chi connectivity index (χ4v) is 2.31. The van der Waals surface area contributed by atoms with Crippen molar-refractivity contribution in [3.63, 3.8) is 0 Å². The topological polar surface area (TPSA) is 86.2 Å². The Hall–Kier alpha value is -2.51. The summed E-state index contributed by atoms with van der Waals surface area (Å²) in [5.41, 5.74) is 2.00. The third-order valence-electron chi connectivity index (χ3n) is 3.56. The predicted octanol–water partition coefficient (Wildman–Crippen LogP) is 1.50. The van der Waals surface area contributed by atoms with Crippen LogP contribution in [-0.4, -0.2) is 39.1 Å². The summed E-state index contributed by atoms with van der Waals surface area (Å²) in [5, 5.41) is 0. The minimum absolute atomic E-state index is 0.0813. The van der Waals surface area contributed by atoms with Gasteiger partial charge in [-0.2, -0.15) is 9.97 Å². The van der Waals surface area contributed by atoms with Gasteiger partial charge in [0.05, 0.1) is 26.5 Å². The third kappa shape index (κ3) is 3.01. The van der Waals surface area contributed by atoms with Crippen molar-refractivity contribution >= 4 is 5.95 Å². The number of aromatic nitrogens is 5. The van der Waals surface area contributed by atoms with Gasteiger partial charge in [-0.1, -0.05) is 20.8 Å². The van der Waals surface area contributed by atoms with Gasteiger partial charge in [-0.3, -0.25) is 0 Å². The number of rotatable bonds is 3. The lowest BCUT2D eigenvalue weighted by molar-refractivity contribution is 0.340. The van der Waals surface area contributed by atoms with Gasteiger partial charge in [0.1, 0.15) is 5.82 Å². The number of hydrogen-bond acceptors (Lipinski definition) is 8. The molecule has 0 saturated carbocycles. The molecule has 3 heterocycles. The molecule has 1 aliphatic heterocycles. The van der Waals surface area contributed by atoms with E-state index in [4.69, 9.17) is 14.5 Å². The highest BCUT2D eigenvalue weighted by Gasteiger charge is 2.27. The highest BCUT2D eigenvalue weighted by Crippen LogP contribution is 2.28. The van der Waals surface area contributed by atoms with E-state index in [-0.39, 0.29) is 17.4 Å². The van der Waals surface area contributed by atoms with Gasteiger partial charge >= 0.3 is 12.0 Å². The molecule has 3 rings (SSSR count). The normalized spacial score (nSPS) is 13.9. The van der Waals surface area contributed by atoms with Gasteiger partial charge in [-0.25, -0.2) is 9.97 Å². The van der Waals surface area contributed by atoms with E-state index in [0.29, 0.717) is 19.0 Å². The average molecular weight is 316 g/mol. The molecule has 2 aromatic heterocycles. The van der Waals surface area contributed by atoms with Gasteiger partial charge in [0.2, 0.25) is 5.95 Å². The second-order valence-electron chi connectivity index (χ2n) is 6.38. The van der Waals surface area contributed by atoms with Crippen molar-refractivity contribution in [2.75, 3.05) is 19.1 Å². The van der Waals surface area contributed by atoms with E-state index < -0.39 is 0 Å². The summed E-state index contributed by atoms with van der Waals surface area (Å²) < 4.78 is 10.2. The summed E-state index contributed by atoms with van der Waals surface area (Å²) in [6, 6.07) is 0.452. The molecule has 0 aliphatic carbocycles. The number of fused-ring (bicyclic) bond motifs is 1. The first-order chi connectivity index (χ1) is 10.9. The highest BCUT2D eigenvalue weighted by atomic mass is 16.5. The van der Waals surface area contributed by atoms with E-state index >= 15 is 0 Å². The number of ether oxygens (including phenoxy) is 2. The Kier molecular flexibility index (Phi) is 3.75. The van der Waals surface area contributed by atoms with Crippen LogP contribution in [0.2, 0.25) is 0 Å². The maximum Gasteiger partial charge on any atom is 0.324 e. The molecular weight excluding hydrogens is 296 g/mol. The van der Waals surface area contributed by atoms with Gasteiger partial charge in [0, 0.05) is 23.7 Å². The fraction of sp³-hybridized carbons (Fsp3) is 0.533. The average Bonchev–Trinajstić information content (AvgIpc) is 2.96. The van der Waals surface area contributed by atoms with Gasteiger partial charge in [-0.15, -0.1) is 4.98 Å². The zero-order valence-corrected chi connectivity index (χ0v) is 14.0. The molecule has 1 aliphatic rings. The van der Waals surface area contributed by atoms with Crippen LogP contribution in [0.25, 0.3) is 0 Å². The highest BCUT2D eigenvalue weighted by molar-refractivity contribution is 5.41. The van der Waals surface area contributed by atoms with Crippen LogP contribution in [0.3, 0.4) is 0 Å². The lowest BCUT2D eigenvalue weighted by Gasteiger charge is -2.16. The smallest absolute Gasteiger partial charge is 0.324 e. The van der Waals surface area contributed by atoms with Crippen LogP contribution in [0.4, 0.5) is 5.95 Å². The Morgan fingerprint density at radius 1 is 0.957 bits per heavy atom. The van der Waals surface area contributed by atoms with Crippen LogP contribution in [0.15, 0.2) is 6.20 Å². The summed E-state index contributed by atoms with van der Waals surface area (Å²) in [4.78, 5) is 23.8. The first-order valence-electron chi connectivity index (χ1n) is 7.35. The summed E-state index contributed by atoms with van der Waals surface area (Å²) in [5.74, 6) is 1.34. The molecule has 122 valence electrons. The number of nitrogens with zero attached hydrogens (tertiary/aromatic N) is 6. The third-order valence-corrected chi connectivity index (χ3v) is 3.56. The quantitative estimate of drug-likeness (QED) is 0.842. The Bertz CT molecular complexity index is 706. The molecule has 0 spiro atoms. The van der Waals surface area contributed by atoms with E-state index in [1.165, 1.54) is 14.2 Å². The molecule has 0 atom stereocenters. The minimum atomic E-state index is -0.0813. The molecule has 0 radical (unpaired) electrons. The van der Waals surface area contributed by atoms with Crippen molar-refractivity contribution in [3.8, 4) is 12.0 Å². The maximum absolute atomic E-state index is 5.10. The van der Waals surface area contributed by atoms with E-state index in [2.05, 4.69) is 40.7 Å². The van der Waals surface area contributed by atoms with Crippen LogP contribution in [0.1, 0.15) is 37.9 Å². The van der Waals surface area contributed by atoms with E-state index in [0.717, 1.165) is 17.1 Å².